The van der Waals surface area contributed by atoms with Crippen LogP contribution >= 0.6 is 0 Å². The molecule has 1 aromatic heterocycles. The third-order valence-electron chi connectivity index (χ3n) is 2.73. The molecular weight excluding hydrogens is 224 g/mol. The third-order valence-corrected chi connectivity index (χ3v) is 2.73. The van der Waals surface area contributed by atoms with Crippen molar-refractivity contribution in [3.05, 3.63) is 30.5 Å². The van der Waals surface area contributed by atoms with Gasteiger partial charge in [-0.3, -0.25) is 4.98 Å². The largest absolute Gasteiger partial charge is 0.497 e. The van der Waals surface area contributed by atoms with Crippen LogP contribution in [0.4, 0.5) is 5.69 Å². The van der Waals surface area contributed by atoms with E-state index in [1.165, 1.54) is 0 Å². The van der Waals surface area contributed by atoms with Gasteiger partial charge in [-0.1, -0.05) is 6.07 Å². The van der Waals surface area contributed by atoms with Crippen LogP contribution in [0.5, 0.6) is 5.75 Å². The Labute approximate surface area is 107 Å². The van der Waals surface area contributed by atoms with E-state index < -0.39 is 0 Å². The van der Waals surface area contributed by atoms with Crippen LogP contribution in [-0.2, 0) is 0 Å². The van der Waals surface area contributed by atoms with Gasteiger partial charge in [-0.05, 0) is 18.6 Å². The first-order valence-electron chi connectivity index (χ1n) is 5.95. The summed E-state index contributed by atoms with van der Waals surface area (Å²) < 4.78 is 5.29. The van der Waals surface area contributed by atoms with E-state index in [2.05, 4.69) is 16.2 Å². The molecule has 0 fully saturated rings. The van der Waals surface area contributed by atoms with Crippen molar-refractivity contribution in [1.82, 2.24) is 4.98 Å². The molecule has 0 bridgehead atoms. The third kappa shape index (κ3) is 2.72. The van der Waals surface area contributed by atoms with Gasteiger partial charge in [0.25, 0.3) is 0 Å². The lowest BCUT2D eigenvalue weighted by Gasteiger charge is -2.10. The topological polar surface area (TPSA) is 34.1 Å². The smallest absolute Gasteiger partial charge is 0.121 e. The first-order valence-corrected chi connectivity index (χ1v) is 5.95. The SMILES string of the molecule is C#CCCCNc1cc(OC)cc2cccnc12. The summed E-state index contributed by atoms with van der Waals surface area (Å²) in [6.07, 6.45) is 8.75. The number of pyridine rings is 1. The summed E-state index contributed by atoms with van der Waals surface area (Å²) in [6.45, 7) is 0.836. The molecule has 1 N–H and O–H groups in total. The number of hydrogen-bond donors (Lipinski definition) is 1. The fraction of sp³-hybridized carbons (Fsp3) is 0.267. The zero-order chi connectivity index (χ0) is 12.8. The van der Waals surface area contributed by atoms with Crippen molar-refractivity contribution >= 4 is 16.6 Å². The summed E-state index contributed by atoms with van der Waals surface area (Å²) in [6, 6.07) is 7.89. The number of hydrogen-bond acceptors (Lipinski definition) is 3. The Hall–Kier alpha value is -2.21. The van der Waals surface area contributed by atoms with Gasteiger partial charge in [-0.15, -0.1) is 12.3 Å². The molecular formula is C15H16N2O. The van der Waals surface area contributed by atoms with Gasteiger partial charge in [-0.2, -0.15) is 0 Å². The summed E-state index contributed by atoms with van der Waals surface area (Å²) in [5, 5.41) is 4.43. The van der Waals surface area contributed by atoms with Crippen LogP contribution in [0.1, 0.15) is 12.8 Å². The standard InChI is InChI=1S/C15H16N2O/c1-3-4-5-8-16-14-11-13(18-2)10-12-7-6-9-17-15(12)14/h1,6-7,9-11,16H,4-5,8H2,2H3. The summed E-state index contributed by atoms with van der Waals surface area (Å²) in [5.74, 6) is 3.46. The number of benzene rings is 1. The van der Waals surface area contributed by atoms with Crippen molar-refractivity contribution in [2.45, 2.75) is 12.8 Å². The second kappa shape index (κ2) is 5.92. The van der Waals surface area contributed by atoms with Crippen LogP contribution in [0.15, 0.2) is 30.5 Å². The van der Waals surface area contributed by atoms with Crippen molar-refractivity contribution in [2.75, 3.05) is 19.0 Å². The molecule has 3 heteroatoms. The van der Waals surface area contributed by atoms with Crippen molar-refractivity contribution in [3.8, 4) is 18.1 Å². The summed E-state index contributed by atoms with van der Waals surface area (Å²) in [5.41, 5.74) is 1.95. The first kappa shape index (κ1) is 12.3. The normalized spacial score (nSPS) is 10.0. The monoisotopic (exact) mass is 240 g/mol. The number of nitrogens with one attached hydrogen (secondary N) is 1. The second-order valence-corrected chi connectivity index (χ2v) is 3.98. The van der Waals surface area contributed by atoms with E-state index in [1.807, 2.05) is 24.3 Å². The van der Waals surface area contributed by atoms with E-state index >= 15 is 0 Å². The molecule has 0 amide bonds. The molecule has 0 aliphatic carbocycles. The van der Waals surface area contributed by atoms with Gasteiger partial charge < -0.3 is 10.1 Å². The number of ether oxygens (including phenoxy) is 1. The predicted octanol–water partition coefficient (Wildman–Crippen LogP) is 3.07. The van der Waals surface area contributed by atoms with Crippen LogP contribution < -0.4 is 10.1 Å². The van der Waals surface area contributed by atoms with Gasteiger partial charge in [0.15, 0.2) is 0 Å². The van der Waals surface area contributed by atoms with Crippen LogP contribution in [0.3, 0.4) is 0 Å². The van der Waals surface area contributed by atoms with Crippen molar-refractivity contribution in [3.63, 3.8) is 0 Å². The maximum Gasteiger partial charge on any atom is 0.121 e. The van der Waals surface area contributed by atoms with E-state index in [0.717, 1.165) is 41.7 Å². The van der Waals surface area contributed by atoms with Gasteiger partial charge in [0.2, 0.25) is 0 Å². The summed E-state index contributed by atoms with van der Waals surface area (Å²) in [4.78, 5) is 4.40. The first-order chi connectivity index (χ1) is 8.85. The Balaban J connectivity index is 2.27. The maximum atomic E-state index is 5.29. The highest BCUT2D eigenvalue weighted by molar-refractivity contribution is 5.91. The highest BCUT2D eigenvalue weighted by atomic mass is 16.5. The lowest BCUT2D eigenvalue weighted by molar-refractivity contribution is 0.415. The average Bonchev–Trinajstić information content (AvgIpc) is 2.43. The van der Waals surface area contributed by atoms with Crippen LogP contribution in [0, 0.1) is 12.3 Å². The van der Waals surface area contributed by atoms with E-state index in [-0.39, 0.29) is 0 Å². The number of terminal acetylenes is 1. The molecule has 3 nitrogen and oxygen atoms in total. The molecule has 0 saturated carbocycles. The lowest BCUT2D eigenvalue weighted by Crippen LogP contribution is -2.02. The van der Waals surface area contributed by atoms with E-state index in [4.69, 9.17) is 11.2 Å². The Morgan fingerprint density at radius 3 is 3.11 bits per heavy atom. The number of nitrogens with zero attached hydrogens (tertiary/aromatic N) is 1. The number of anilines is 1. The molecule has 0 saturated heterocycles. The predicted molar refractivity (Wildman–Crippen MR) is 74.9 cm³/mol. The Morgan fingerprint density at radius 1 is 1.44 bits per heavy atom. The molecule has 2 aromatic rings. The lowest BCUT2D eigenvalue weighted by atomic mass is 10.1. The molecule has 1 aromatic carbocycles. The Bertz CT molecular complexity index is 572. The van der Waals surface area contributed by atoms with E-state index in [9.17, 15) is 0 Å². The van der Waals surface area contributed by atoms with Crippen LogP contribution in [0.2, 0.25) is 0 Å². The number of unbranched alkanes of at least 4 members (excludes halogenated alkanes) is 1. The molecule has 0 spiro atoms. The minimum absolute atomic E-state index is 0.780. The van der Waals surface area contributed by atoms with Gasteiger partial charge >= 0.3 is 0 Å². The number of methoxy groups -OCH3 is 1. The fourth-order valence-electron chi connectivity index (χ4n) is 1.83. The van der Waals surface area contributed by atoms with Crippen molar-refractivity contribution < 1.29 is 4.74 Å². The molecule has 0 aliphatic rings. The highest BCUT2D eigenvalue weighted by Crippen LogP contribution is 2.27. The number of aromatic nitrogens is 1. The molecule has 2 rings (SSSR count). The molecule has 0 unspecified atom stereocenters. The van der Waals surface area contributed by atoms with Crippen LogP contribution in [-0.4, -0.2) is 18.6 Å². The molecule has 1 heterocycles. The highest BCUT2D eigenvalue weighted by Gasteiger charge is 2.04. The second-order valence-electron chi connectivity index (χ2n) is 3.98. The minimum atomic E-state index is 0.780. The average molecular weight is 240 g/mol. The molecule has 0 radical (unpaired) electrons. The maximum absolute atomic E-state index is 5.29. The fourth-order valence-corrected chi connectivity index (χ4v) is 1.83. The summed E-state index contributed by atoms with van der Waals surface area (Å²) in [7, 11) is 1.67. The number of rotatable bonds is 5. The number of fused-ring (bicyclic) bond motifs is 1. The zero-order valence-electron chi connectivity index (χ0n) is 10.4. The molecule has 92 valence electrons. The minimum Gasteiger partial charge on any atom is -0.497 e. The van der Waals surface area contributed by atoms with Gasteiger partial charge in [-0.25, -0.2) is 0 Å². The Morgan fingerprint density at radius 2 is 2.33 bits per heavy atom. The molecule has 18 heavy (non-hydrogen) atoms. The van der Waals surface area contributed by atoms with E-state index in [0.29, 0.717) is 0 Å². The van der Waals surface area contributed by atoms with Gasteiger partial charge in [0.1, 0.15) is 5.75 Å². The van der Waals surface area contributed by atoms with Crippen LogP contribution in [0.25, 0.3) is 10.9 Å². The zero-order valence-corrected chi connectivity index (χ0v) is 10.4. The van der Waals surface area contributed by atoms with E-state index in [1.54, 1.807) is 13.3 Å². The van der Waals surface area contributed by atoms with Gasteiger partial charge in [0, 0.05) is 30.6 Å². The quantitative estimate of drug-likeness (QED) is 0.644. The van der Waals surface area contributed by atoms with Gasteiger partial charge in [0.05, 0.1) is 18.3 Å². The van der Waals surface area contributed by atoms with Crippen molar-refractivity contribution in [1.29, 1.82) is 0 Å². The molecule has 0 atom stereocenters. The Kier molecular flexibility index (Phi) is 4.03. The molecule has 0 aliphatic heterocycles. The van der Waals surface area contributed by atoms with Crippen molar-refractivity contribution in [2.24, 2.45) is 0 Å². The summed E-state index contributed by atoms with van der Waals surface area (Å²) >= 11 is 0.